The average Bonchev–Trinajstić information content (AvgIpc) is 2.53. The van der Waals surface area contributed by atoms with Crippen LogP contribution in [0.4, 0.5) is 19.0 Å². The van der Waals surface area contributed by atoms with Gasteiger partial charge in [0, 0.05) is 18.2 Å². The molecule has 0 amide bonds. The van der Waals surface area contributed by atoms with E-state index >= 15 is 0 Å². The van der Waals surface area contributed by atoms with Crippen LogP contribution in [0, 0.1) is 0 Å². The maximum absolute atomic E-state index is 12.7. The summed E-state index contributed by atoms with van der Waals surface area (Å²) in [5.41, 5.74) is 6.90. The van der Waals surface area contributed by atoms with Crippen molar-refractivity contribution in [3.05, 3.63) is 41.9 Å². The largest absolute Gasteiger partial charge is 0.573 e. The van der Waals surface area contributed by atoms with E-state index in [-0.39, 0.29) is 18.0 Å². The van der Waals surface area contributed by atoms with Gasteiger partial charge in [-0.1, -0.05) is 6.07 Å². The lowest BCUT2D eigenvalue weighted by Crippen LogP contribution is -2.37. The highest BCUT2D eigenvalue weighted by atomic mass is 32.2. The Bertz CT molecular complexity index is 902. The predicted molar refractivity (Wildman–Crippen MR) is 80.9 cm³/mol. The molecule has 0 fully saturated rings. The molecular formula is C14H13F3N4O3S. The number of ether oxygens (including phenoxy) is 1. The van der Waals surface area contributed by atoms with Crippen LogP contribution in [0.5, 0.6) is 5.75 Å². The van der Waals surface area contributed by atoms with E-state index in [2.05, 4.69) is 14.7 Å². The summed E-state index contributed by atoms with van der Waals surface area (Å²) in [4.78, 5) is 7.60. The molecule has 0 saturated heterocycles. The van der Waals surface area contributed by atoms with E-state index in [1.807, 2.05) is 0 Å². The van der Waals surface area contributed by atoms with Gasteiger partial charge in [0.25, 0.3) is 0 Å². The van der Waals surface area contributed by atoms with Crippen LogP contribution < -0.4 is 10.5 Å². The molecule has 3 rings (SSSR count). The summed E-state index contributed by atoms with van der Waals surface area (Å²) < 4.78 is 67.3. The fraction of sp³-hybridized carbons (Fsp3) is 0.286. The Balaban J connectivity index is 1.89. The molecule has 2 heterocycles. The predicted octanol–water partition coefficient (Wildman–Crippen LogP) is 1.70. The quantitative estimate of drug-likeness (QED) is 0.878. The third-order valence-corrected chi connectivity index (χ3v) is 5.52. The fourth-order valence-electron chi connectivity index (χ4n) is 2.54. The molecule has 0 bridgehead atoms. The summed E-state index contributed by atoms with van der Waals surface area (Å²) >= 11 is 0. The molecule has 7 nitrogen and oxygen atoms in total. The van der Waals surface area contributed by atoms with Gasteiger partial charge in [-0.15, -0.1) is 13.2 Å². The molecule has 0 radical (unpaired) electrons. The minimum absolute atomic E-state index is 0.0330. The van der Waals surface area contributed by atoms with Crippen LogP contribution in [0.15, 0.2) is 35.5 Å². The molecule has 0 saturated carbocycles. The number of nitrogens with two attached hydrogens (primary N) is 1. The van der Waals surface area contributed by atoms with Gasteiger partial charge in [-0.05, 0) is 18.6 Å². The number of nitrogens with zero attached hydrogens (tertiary/aromatic N) is 3. The molecule has 1 aromatic heterocycles. The molecule has 2 aromatic rings. The Labute approximate surface area is 141 Å². The Morgan fingerprint density at radius 1 is 1.24 bits per heavy atom. The molecule has 11 heteroatoms. The van der Waals surface area contributed by atoms with Crippen molar-refractivity contribution < 1.29 is 26.3 Å². The Kier molecular flexibility index (Phi) is 4.29. The van der Waals surface area contributed by atoms with Crippen molar-refractivity contribution >= 4 is 15.8 Å². The fourth-order valence-corrected chi connectivity index (χ4v) is 3.98. The van der Waals surface area contributed by atoms with Gasteiger partial charge in [-0.2, -0.15) is 4.31 Å². The second-order valence-corrected chi connectivity index (χ2v) is 7.23. The third kappa shape index (κ3) is 3.66. The number of alkyl halides is 3. The van der Waals surface area contributed by atoms with Gasteiger partial charge in [-0.3, -0.25) is 0 Å². The summed E-state index contributed by atoms with van der Waals surface area (Å²) in [5.74, 6) is -0.305. The van der Waals surface area contributed by atoms with E-state index in [4.69, 9.17) is 5.73 Å². The highest BCUT2D eigenvalue weighted by molar-refractivity contribution is 7.89. The molecule has 1 aliphatic rings. The number of benzene rings is 1. The number of rotatable bonds is 3. The zero-order valence-corrected chi connectivity index (χ0v) is 13.5. The second kappa shape index (κ2) is 6.15. The number of halogens is 3. The van der Waals surface area contributed by atoms with E-state index in [0.717, 1.165) is 16.4 Å². The monoisotopic (exact) mass is 374 g/mol. The van der Waals surface area contributed by atoms with E-state index in [1.165, 1.54) is 18.5 Å². The van der Waals surface area contributed by atoms with E-state index in [9.17, 15) is 21.6 Å². The van der Waals surface area contributed by atoms with Gasteiger partial charge in [0.15, 0.2) is 0 Å². The number of aromatic nitrogens is 2. The standard InChI is InChI=1S/C14H13F3N4O3S/c15-14(16,17)24-9-2-1-3-10(6-9)25(22,23)21-5-4-11-12(7-21)19-8-20-13(11)18/h1-3,6,8H,4-5,7H2,(H2,18,19,20). The summed E-state index contributed by atoms with van der Waals surface area (Å²) in [6, 6.07) is 4.27. The molecule has 2 N–H and O–H groups in total. The number of anilines is 1. The van der Waals surface area contributed by atoms with Gasteiger partial charge < -0.3 is 10.5 Å². The van der Waals surface area contributed by atoms with Crippen molar-refractivity contribution in [2.45, 2.75) is 24.2 Å². The third-order valence-electron chi connectivity index (χ3n) is 3.68. The minimum Gasteiger partial charge on any atom is -0.406 e. The molecular weight excluding hydrogens is 361 g/mol. The number of fused-ring (bicyclic) bond motifs is 1. The highest BCUT2D eigenvalue weighted by Gasteiger charge is 2.33. The first kappa shape index (κ1) is 17.4. The number of hydrogen-bond acceptors (Lipinski definition) is 6. The number of sulfonamides is 1. The van der Waals surface area contributed by atoms with Gasteiger partial charge in [0.1, 0.15) is 17.9 Å². The summed E-state index contributed by atoms with van der Waals surface area (Å²) in [5, 5.41) is 0. The van der Waals surface area contributed by atoms with Crippen molar-refractivity contribution in [3.63, 3.8) is 0 Å². The highest BCUT2D eigenvalue weighted by Crippen LogP contribution is 2.29. The van der Waals surface area contributed by atoms with E-state index in [1.54, 1.807) is 0 Å². The maximum Gasteiger partial charge on any atom is 0.573 e. The first-order valence-corrected chi connectivity index (χ1v) is 8.55. The topological polar surface area (TPSA) is 98.4 Å². The lowest BCUT2D eigenvalue weighted by atomic mass is 10.1. The lowest BCUT2D eigenvalue weighted by Gasteiger charge is -2.27. The van der Waals surface area contributed by atoms with Crippen molar-refractivity contribution in [1.29, 1.82) is 0 Å². The zero-order chi connectivity index (χ0) is 18.2. The smallest absolute Gasteiger partial charge is 0.406 e. The van der Waals surface area contributed by atoms with Crippen molar-refractivity contribution in [2.24, 2.45) is 0 Å². The maximum atomic E-state index is 12.7. The zero-order valence-electron chi connectivity index (χ0n) is 12.7. The van der Waals surface area contributed by atoms with Gasteiger partial charge >= 0.3 is 6.36 Å². The van der Waals surface area contributed by atoms with Crippen LogP contribution >= 0.6 is 0 Å². The lowest BCUT2D eigenvalue weighted by molar-refractivity contribution is -0.274. The first-order chi connectivity index (χ1) is 11.7. The van der Waals surface area contributed by atoms with E-state index in [0.29, 0.717) is 23.5 Å². The molecule has 0 aliphatic carbocycles. The SMILES string of the molecule is Nc1ncnc2c1CCN(S(=O)(=O)c1cccc(OC(F)(F)F)c1)C2. The van der Waals surface area contributed by atoms with Crippen LogP contribution in [-0.4, -0.2) is 35.6 Å². The van der Waals surface area contributed by atoms with Gasteiger partial charge in [-0.25, -0.2) is 18.4 Å². The molecule has 1 aromatic carbocycles. The average molecular weight is 374 g/mol. The number of hydrogen-bond donors (Lipinski definition) is 1. The van der Waals surface area contributed by atoms with Crippen LogP contribution in [-0.2, 0) is 23.0 Å². The van der Waals surface area contributed by atoms with Crippen molar-refractivity contribution in [1.82, 2.24) is 14.3 Å². The van der Waals surface area contributed by atoms with Gasteiger partial charge in [0.2, 0.25) is 10.0 Å². The van der Waals surface area contributed by atoms with E-state index < -0.39 is 22.1 Å². The van der Waals surface area contributed by atoms with Crippen LogP contribution in [0.3, 0.4) is 0 Å². The Hall–Kier alpha value is -2.40. The van der Waals surface area contributed by atoms with Crippen LogP contribution in [0.1, 0.15) is 11.3 Å². The Morgan fingerprint density at radius 2 is 2.00 bits per heavy atom. The molecule has 25 heavy (non-hydrogen) atoms. The van der Waals surface area contributed by atoms with Crippen LogP contribution in [0.25, 0.3) is 0 Å². The summed E-state index contributed by atoms with van der Waals surface area (Å²) in [7, 11) is -4.01. The number of nitrogen functional groups attached to an aromatic ring is 1. The van der Waals surface area contributed by atoms with Gasteiger partial charge in [0.05, 0.1) is 17.1 Å². The molecule has 134 valence electrons. The van der Waals surface area contributed by atoms with Crippen LogP contribution in [0.2, 0.25) is 0 Å². The summed E-state index contributed by atoms with van der Waals surface area (Å²) in [6.07, 6.45) is -3.34. The molecule has 0 atom stereocenters. The van der Waals surface area contributed by atoms with Crippen molar-refractivity contribution in [3.8, 4) is 5.75 Å². The molecule has 0 unspecified atom stereocenters. The van der Waals surface area contributed by atoms with Crippen molar-refractivity contribution in [2.75, 3.05) is 12.3 Å². The summed E-state index contributed by atoms with van der Waals surface area (Å²) in [6.45, 7) is 0.0893. The second-order valence-electron chi connectivity index (χ2n) is 5.30. The Morgan fingerprint density at radius 3 is 2.72 bits per heavy atom. The molecule has 1 aliphatic heterocycles. The minimum atomic E-state index is -4.90. The normalized spacial score (nSPS) is 15.6. The molecule has 0 spiro atoms. The first-order valence-electron chi connectivity index (χ1n) is 7.11.